The van der Waals surface area contributed by atoms with E-state index in [0.717, 1.165) is 0 Å². The van der Waals surface area contributed by atoms with Gasteiger partial charge in [-0.15, -0.1) is 0 Å². The molecule has 0 aliphatic carbocycles. The molecule has 34 heavy (non-hydrogen) atoms. The summed E-state index contributed by atoms with van der Waals surface area (Å²) in [6, 6.07) is 24.1. The van der Waals surface area contributed by atoms with Crippen molar-refractivity contribution >= 4 is 17.9 Å². The van der Waals surface area contributed by atoms with Crippen LogP contribution in [-0.2, 0) is 14.2 Å². The molecule has 176 valence electrons. The summed E-state index contributed by atoms with van der Waals surface area (Å²) in [5, 5.41) is 20.6. The Hall–Kier alpha value is -4.01. The second-order valence-electron chi connectivity index (χ2n) is 7.26. The van der Waals surface area contributed by atoms with E-state index in [1.54, 1.807) is 66.7 Å². The summed E-state index contributed by atoms with van der Waals surface area (Å²) in [5.41, 5.74) is 0.660. The third-order valence-electron chi connectivity index (χ3n) is 4.84. The quantitative estimate of drug-likeness (QED) is 0.347. The highest BCUT2D eigenvalue weighted by Gasteiger charge is 2.36. The third kappa shape index (κ3) is 6.74. The third-order valence-corrected chi connectivity index (χ3v) is 4.84. The number of aliphatic hydroxyl groups excluding tert-OH is 2. The zero-order chi connectivity index (χ0) is 24.3. The van der Waals surface area contributed by atoms with Gasteiger partial charge in [-0.3, -0.25) is 0 Å². The van der Waals surface area contributed by atoms with Gasteiger partial charge in [0.15, 0.2) is 12.2 Å². The fourth-order valence-corrected chi connectivity index (χ4v) is 3.07. The molecule has 0 bridgehead atoms. The second kappa shape index (κ2) is 12.3. The molecular formula is C26H24O8. The van der Waals surface area contributed by atoms with Crippen LogP contribution in [0.1, 0.15) is 31.1 Å². The van der Waals surface area contributed by atoms with Gasteiger partial charge in [-0.25, -0.2) is 14.4 Å². The summed E-state index contributed by atoms with van der Waals surface area (Å²) < 4.78 is 15.9. The van der Waals surface area contributed by atoms with Gasteiger partial charge in [-0.2, -0.15) is 0 Å². The van der Waals surface area contributed by atoms with Crippen LogP contribution < -0.4 is 0 Å². The molecule has 0 fully saturated rings. The molecular weight excluding hydrogens is 440 g/mol. The van der Waals surface area contributed by atoms with Crippen molar-refractivity contribution in [3.05, 3.63) is 108 Å². The highest BCUT2D eigenvalue weighted by molar-refractivity contribution is 5.90. The Labute approximate surface area is 196 Å². The monoisotopic (exact) mass is 464 g/mol. The number of hydrogen-bond donors (Lipinski definition) is 2. The van der Waals surface area contributed by atoms with Crippen molar-refractivity contribution < 1.29 is 38.8 Å². The van der Waals surface area contributed by atoms with E-state index in [0.29, 0.717) is 0 Å². The zero-order valence-corrected chi connectivity index (χ0v) is 18.2. The molecule has 0 aromatic heterocycles. The van der Waals surface area contributed by atoms with Crippen LogP contribution in [0.25, 0.3) is 0 Å². The Kier molecular flexibility index (Phi) is 8.90. The van der Waals surface area contributed by atoms with Crippen molar-refractivity contribution in [2.45, 2.75) is 18.3 Å². The Morgan fingerprint density at radius 2 is 1.06 bits per heavy atom. The number of aliphatic hydroxyl groups is 2. The Morgan fingerprint density at radius 1 is 0.647 bits per heavy atom. The summed E-state index contributed by atoms with van der Waals surface area (Å²) in [5.74, 6) is -2.29. The van der Waals surface area contributed by atoms with Crippen LogP contribution in [0.3, 0.4) is 0 Å². The molecule has 0 saturated carbocycles. The van der Waals surface area contributed by atoms with Crippen LogP contribution in [-0.4, -0.2) is 59.6 Å². The minimum atomic E-state index is -1.60. The molecule has 0 spiro atoms. The van der Waals surface area contributed by atoms with Gasteiger partial charge in [0.1, 0.15) is 12.7 Å². The van der Waals surface area contributed by atoms with E-state index >= 15 is 0 Å². The maximum absolute atomic E-state index is 12.6. The van der Waals surface area contributed by atoms with Gasteiger partial charge in [0.25, 0.3) is 0 Å². The Bertz CT molecular complexity index is 1070. The minimum absolute atomic E-state index is 0.187. The van der Waals surface area contributed by atoms with Gasteiger partial charge in [-0.1, -0.05) is 54.6 Å². The van der Waals surface area contributed by atoms with Gasteiger partial charge < -0.3 is 24.4 Å². The predicted octanol–water partition coefficient (Wildman–Crippen LogP) is 2.65. The van der Waals surface area contributed by atoms with Crippen molar-refractivity contribution in [3.8, 4) is 0 Å². The molecule has 0 aliphatic rings. The molecule has 0 saturated heterocycles. The molecule has 8 heteroatoms. The zero-order valence-electron chi connectivity index (χ0n) is 18.2. The average molecular weight is 464 g/mol. The SMILES string of the molecule is O=C(OC[C@H](O)[C@H](OC(=O)c1ccccc1)[C@@H](CO)OC(=O)c1ccccc1)c1ccccc1. The lowest BCUT2D eigenvalue weighted by molar-refractivity contribution is -0.106. The molecule has 0 heterocycles. The van der Waals surface area contributed by atoms with E-state index in [2.05, 4.69) is 0 Å². The van der Waals surface area contributed by atoms with Crippen molar-refractivity contribution in [2.75, 3.05) is 13.2 Å². The molecule has 0 unspecified atom stereocenters. The largest absolute Gasteiger partial charge is 0.459 e. The lowest BCUT2D eigenvalue weighted by atomic mass is 10.1. The summed E-state index contributed by atoms with van der Waals surface area (Å²) >= 11 is 0. The first-order chi connectivity index (χ1) is 16.5. The Balaban J connectivity index is 1.76. The molecule has 3 aromatic carbocycles. The first kappa shape index (κ1) is 24.6. The second-order valence-corrected chi connectivity index (χ2v) is 7.26. The lowest BCUT2D eigenvalue weighted by Gasteiger charge is -2.29. The van der Waals surface area contributed by atoms with Crippen LogP contribution in [0.5, 0.6) is 0 Å². The summed E-state index contributed by atoms with van der Waals surface area (Å²) in [4.78, 5) is 37.4. The van der Waals surface area contributed by atoms with Crippen LogP contribution in [0.4, 0.5) is 0 Å². The highest BCUT2D eigenvalue weighted by atomic mass is 16.6. The molecule has 3 aromatic rings. The van der Waals surface area contributed by atoms with Crippen molar-refractivity contribution in [2.24, 2.45) is 0 Å². The number of esters is 3. The summed E-state index contributed by atoms with van der Waals surface area (Å²) in [6.45, 7) is -1.32. The molecule has 3 atom stereocenters. The minimum Gasteiger partial charge on any atom is -0.459 e. The first-order valence-electron chi connectivity index (χ1n) is 10.5. The smallest absolute Gasteiger partial charge is 0.338 e. The van der Waals surface area contributed by atoms with E-state index in [4.69, 9.17) is 14.2 Å². The van der Waals surface area contributed by atoms with Gasteiger partial charge in [0.2, 0.25) is 0 Å². The molecule has 0 aliphatic heterocycles. The Morgan fingerprint density at radius 3 is 1.50 bits per heavy atom. The van der Waals surface area contributed by atoms with Crippen molar-refractivity contribution in [3.63, 3.8) is 0 Å². The average Bonchev–Trinajstić information content (AvgIpc) is 2.90. The van der Waals surface area contributed by atoms with Crippen molar-refractivity contribution in [1.29, 1.82) is 0 Å². The topological polar surface area (TPSA) is 119 Å². The van der Waals surface area contributed by atoms with Gasteiger partial charge in [0, 0.05) is 0 Å². The van der Waals surface area contributed by atoms with Crippen LogP contribution in [0.2, 0.25) is 0 Å². The predicted molar refractivity (Wildman–Crippen MR) is 121 cm³/mol. The molecule has 8 nitrogen and oxygen atoms in total. The standard InChI is InChI=1S/C26H24O8/c27-16-22(33-25(30)19-12-6-2-7-13-19)23(34-26(31)20-14-8-3-9-15-20)21(28)17-32-24(29)18-10-4-1-5-11-18/h1-15,21-23,27-28H,16-17H2/t21-,22+,23-/m0/s1. The molecule has 0 amide bonds. The van der Waals surface area contributed by atoms with Crippen molar-refractivity contribution in [1.82, 2.24) is 0 Å². The number of carbonyl (C=O) groups is 3. The lowest BCUT2D eigenvalue weighted by Crippen LogP contribution is -2.47. The van der Waals surface area contributed by atoms with E-state index in [-0.39, 0.29) is 16.7 Å². The van der Waals surface area contributed by atoms with Gasteiger partial charge >= 0.3 is 17.9 Å². The maximum atomic E-state index is 12.6. The first-order valence-corrected chi connectivity index (χ1v) is 10.5. The number of benzene rings is 3. The summed E-state index contributed by atoms with van der Waals surface area (Å²) in [6.07, 6.45) is -4.54. The number of hydrogen-bond acceptors (Lipinski definition) is 8. The molecule has 2 N–H and O–H groups in total. The molecule has 3 rings (SSSR count). The van der Waals surface area contributed by atoms with E-state index in [1.807, 2.05) is 0 Å². The fraction of sp³-hybridized carbons (Fsp3) is 0.192. The van der Waals surface area contributed by atoms with Crippen LogP contribution >= 0.6 is 0 Å². The van der Waals surface area contributed by atoms with Gasteiger partial charge in [0.05, 0.1) is 23.3 Å². The van der Waals surface area contributed by atoms with E-state index < -0.39 is 49.4 Å². The van der Waals surface area contributed by atoms with Crippen LogP contribution in [0, 0.1) is 0 Å². The maximum Gasteiger partial charge on any atom is 0.338 e. The van der Waals surface area contributed by atoms with Gasteiger partial charge in [-0.05, 0) is 36.4 Å². The van der Waals surface area contributed by atoms with E-state index in [1.165, 1.54) is 24.3 Å². The molecule has 0 radical (unpaired) electrons. The number of rotatable bonds is 10. The fourth-order valence-electron chi connectivity index (χ4n) is 3.07. The highest BCUT2D eigenvalue weighted by Crippen LogP contribution is 2.16. The normalized spacial score (nSPS) is 13.2. The summed E-state index contributed by atoms with van der Waals surface area (Å²) in [7, 11) is 0. The number of ether oxygens (including phenoxy) is 3. The van der Waals surface area contributed by atoms with Crippen LogP contribution in [0.15, 0.2) is 91.0 Å². The van der Waals surface area contributed by atoms with E-state index in [9.17, 15) is 24.6 Å². The number of carbonyl (C=O) groups excluding carboxylic acids is 3.